The van der Waals surface area contributed by atoms with Crippen molar-refractivity contribution in [1.82, 2.24) is 24.8 Å². The number of halogens is 1. The molecular weight excluding hydrogens is 836 g/mol. The van der Waals surface area contributed by atoms with E-state index in [2.05, 4.69) is 69.4 Å². The molecule has 1 aliphatic carbocycles. The fourth-order valence-corrected chi connectivity index (χ4v) is 17.7. The molecule has 5 fully saturated rings. The van der Waals surface area contributed by atoms with Gasteiger partial charge in [0, 0.05) is 49.5 Å². The summed E-state index contributed by atoms with van der Waals surface area (Å²) in [5.41, 5.74) is 7.48. The molecule has 9 rings (SSSR count). The van der Waals surface area contributed by atoms with Crippen LogP contribution in [0.15, 0.2) is 48.7 Å². The van der Waals surface area contributed by atoms with E-state index < -0.39 is 19.5 Å². The average Bonchev–Trinajstić information content (AvgIpc) is 3.81. The van der Waals surface area contributed by atoms with E-state index in [1.165, 1.54) is 18.4 Å². The van der Waals surface area contributed by atoms with Gasteiger partial charge in [0.05, 0.1) is 23.0 Å². The van der Waals surface area contributed by atoms with Crippen LogP contribution in [0.1, 0.15) is 106 Å². The lowest BCUT2D eigenvalue weighted by Crippen LogP contribution is -2.57. The summed E-state index contributed by atoms with van der Waals surface area (Å²) in [6.07, 6.45) is 7.42. The maximum atomic E-state index is 18.0. The van der Waals surface area contributed by atoms with Gasteiger partial charge in [0.15, 0.2) is 12.6 Å². The highest BCUT2D eigenvalue weighted by Gasteiger charge is 2.67. The number of pyridine rings is 1. The molecule has 2 aromatic carbocycles. The number of benzene rings is 2. The van der Waals surface area contributed by atoms with Gasteiger partial charge in [-0.15, -0.1) is 5.54 Å². The summed E-state index contributed by atoms with van der Waals surface area (Å²) >= 11 is 0. The lowest BCUT2D eigenvalue weighted by atomic mass is 9.80. The molecule has 11 nitrogen and oxygen atoms in total. The van der Waals surface area contributed by atoms with Crippen LogP contribution in [0.3, 0.4) is 0 Å². The number of aromatic nitrogens is 3. The molecule has 346 valence electrons. The molecule has 0 N–H and O–H groups in total. The normalized spacial score (nSPS) is 22.7. The molecule has 3 unspecified atom stereocenters. The maximum Gasteiger partial charge on any atom is 0.410 e. The summed E-state index contributed by atoms with van der Waals surface area (Å²) in [5, 5.41) is 2.13. The van der Waals surface area contributed by atoms with E-state index in [1.807, 2.05) is 56.0 Å². The van der Waals surface area contributed by atoms with Gasteiger partial charge >= 0.3 is 12.1 Å². The maximum absolute atomic E-state index is 18.0. The number of methoxy groups -OCH3 is 1. The molecule has 65 heavy (non-hydrogen) atoms. The van der Waals surface area contributed by atoms with Crippen molar-refractivity contribution in [3.63, 3.8) is 0 Å². The van der Waals surface area contributed by atoms with E-state index in [0.29, 0.717) is 58.8 Å². The zero-order valence-electron chi connectivity index (χ0n) is 40.1. The highest BCUT2D eigenvalue weighted by atomic mass is 28.3. The number of amides is 1. The van der Waals surface area contributed by atoms with Crippen molar-refractivity contribution in [3.8, 4) is 34.5 Å². The van der Waals surface area contributed by atoms with Crippen LogP contribution in [0.5, 0.6) is 11.8 Å². The number of piperazine rings is 1. The van der Waals surface area contributed by atoms with Crippen molar-refractivity contribution in [2.24, 2.45) is 5.41 Å². The van der Waals surface area contributed by atoms with Crippen LogP contribution in [0.4, 0.5) is 15.0 Å². The Hall–Kier alpha value is -4.77. The Bertz CT molecular complexity index is 2560. The van der Waals surface area contributed by atoms with Crippen molar-refractivity contribution in [3.05, 3.63) is 60.1 Å². The Morgan fingerprint density at radius 3 is 2.35 bits per heavy atom. The van der Waals surface area contributed by atoms with Crippen LogP contribution in [-0.2, 0) is 9.47 Å². The number of rotatable bonds is 11. The summed E-state index contributed by atoms with van der Waals surface area (Å²) < 4.78 is 42.0. The predicted molar refractivity (Wildman–Crippen MR) is 258 cm³/mol. The van der Waals surface area contributed by atoms with Crippen LogP contribution in [0.2, 0.25) is 16.6 Å². The molecule has 6 heterocycles. The van der Waals surface area contributed by atoms with Gasteiger partial charge in [-0.05, 0) is 111 Å². The minimum atomic E-state index is -2.13. The summed E-state index contributed by atoms with van der Waals surface area (Å²) in [6.45, 7) is 27.2. The quantitative estimate of drug-likeness (QED) is 0.0626. The fourth-order valence-electron chi connectivity index (χ4n) is 12.5. The molecule has 0 radical (unpaired) electrons. The molecule has 3 atom stereocenters. The molecule has 4 saturated heterocycles. The Balaban J connectivity index is 1.19. The van der Waals surface area contributed by atoms with E-state index in [0.717, 1.165) is 55.1 Å². The molecule has 1 saturated carbocycles. The van der Waals surface area contributed by atoms with Gasteiger partial charge < -0.3 is 23.8 Å². The van der Waals surface area contributed by atoms with Crippen LogP contribution in [0, 0.1) is 22.7 Å². The van der Waals surface area contributed by atoms with E-state index in [-0.39, 0.29) is 53.1 Å². The number of anilines is 1. The number of fused-ring (bicyclic) bond motifs is 6. The van der Waals surface area contributed by atoms with E-state index >= 15 is 4.39 Å². The number of hydrogen-bond donors (Lipinski definition) is 0. The molecule has 13 heteroatoms. The minimum Gasteiger partial charge on any atom is -0.468 e. The lowest BCUT2D eigenvalue weighted by molar-refractivity contribution is 0.0122. The number of carbonyl (C=O) groups is 1. The number of ether oxygens (including phenoxy) is 4. The summed E-state index contributed by atoms with van der Waals surface area (Å²) in [4.78, 5) is 35.1. The van der Waals surface area contributed by atoms with Gasteiger partial charge in [0.25, 0.3) is 0 Å². The number of hydrogen-bond acceptors (Lipinski definition) is 10. The van der Waals surface area contributed by atoms with Crippen molar-refractivity contribution in [2.75, 3.05) is 51.6 Å². The second-order valence-corrected chi connectivity index (χ2v) is 27.0. The van der Waals surface area contributed by atoms with Gasteiger partial charge in [0.2, 0.25) is 0 Å². The predicted octanol–water partition coefficient (Wildman–Crippen LogP) is 10.7. The smallest absolute Gasteiger partial charge is 0.410 e. The largest absolute Gasteiger partial charge is 0.468 e. The van der Waals surface area contributed by atoms with E-state index in [4.69, 9.17) is 33.9 Å². The van der Waals surface area contributed by atoms with E-state index in [1.54, 1.807) is 13.3 Å². The average molecular weight is 903 g/mol. The number of carbonyl (C=O) groups excluding carboxylic acids is 1. The van der Waals surface area contributed by atoms with E-state index in [9.17, 15) is 4.79 Å². The van der Waals surface area contributed by atoms with Gasteiger partial charge in [-0.1, -0.05) is 71.7 Å². The molecule has 5 aliphatic rings. The highest BCUT2D eigenvalue weighted by molar-refractivity contribution is 6.90. The zero-order valence-corrected chi connectivity index (χ0v) is 41.1. The molecule has 1 spiro atoms. The molecule has 1 amide bonds. The van der Waals surface area contributed by atoms with Crippen molar-refractivity contribution in [2.45, 2.75) is 141 Å². The van der Waals surface area contributed by atoms with Crippen molar-refractivity contribution < 1.29 is 28.1 Å². The topological polar surface area (TPSA) is 102 Å². The Labute approximate surface area is 385 Å². The standard InChI is InChI=1S/C52H67FN6O5Si/c1-32(2)65(33(3)4,34(5)6)22-17-36-13-12-14-37-23-40(63-31-61-11)24-41(43(36)37)45-44(53)46-42(26-54-45)47(57-28-38-15-16-39(29-57)59(38)49(60)64-50(8,9)10)56-48(55-46)62-30-52-25-35(7)27-58(52)21-20-51(52)18-19-51/h12-14,23-24,26,32-34,38-39H,7,15-16,18-21,25,27-31H2,1-6,8-11H3. The van der Waals surface area contributed by atoms with Crippen molar-refractivity contribution >= 4 is 41.7 Å². The first-order valence-corrected chi connectivity index (χ1v) is 26.0. The Morgan fingerprint density at radius 2 is 1.71 bits per heavy atom. The monoisotopic (exact) mass is 902 g/mol. The second-order valence-electron chi connectivity index (χ2n) is 21.5. The third-order valence-electron chi connectivity index (χ3n) is 15.6. The van der Waals surface area contributed by atoms with Crippen LogP contribution in [0.25, 0.3) is 32.9 Å². The minimum absolute atomic E-state index is 0.0252. The number of nitrogens with zero attached hydrogens (tertiary/aromatic N) is 6. The molecular formula is C52H67FN6O5Si. The second kappa shape index (κ2) is 16.8. The Morgan fingerprint density at radius 1 is 1.00 bits per heavy atom. The first kappa shape index (κ1) is 45.4. The summed E-state index contributed by atoms with van der Waals surface area (Å²) in [5.74, 6) is 4.16. The molecule has 2 aromatic heterocycles. The van der Waals surface area contributed by atoms with Crippen LogP contribution in [-0.4, -0.2) is 109 Å². The summed E-state index contributed by atoms with van der Waals surface area (Å²) in [6, 6.07) is 9.77. The van der Waals surface area contributed by atoms with Crippen molar-refractivity contribution in [1.29, 1.82) is 0 Å². The third-order valence-corrected chi connectivity index (χ3v) is 21.9. The lowest BCUT2D eigenvalue weighted by Gasteiger charge is -2.42. The first-order valence-electron chi connectivity index (χ1n) is 23.8. The third kappa shape index (κ3) is 7.85. The molecule has 4 aliphatic heterocycles. The first-order chi connectivity index (χ1) is 30.9. The fraction of sp³-hybridized carbons (Fsp3) is 0.577. The van der Waals surface area contributed by atoms with Gasteiger partial charge in [-0.25, -0.2) is 9.18 Å². The SMILES string of the molecule is C=C1CN2CCC3(CC3)C2(COc2nc(N3CC4CCC(C3)N4C(=O)OC(C)(C)C)c3cnc(-c4cc(OCOC)cc5cccc(C#C[Si](C(C)C)(C(C)C)C(C)C)c45)c(F)c3n2)C1. The Kier molecular flexibility index (Phi) is 11.8. The van der Waals surface area contributed by atoms with Gasteiger partial charge in [-0.2, -0.15) is 9.97 Å². The van der Waals surface area contributed by atoms with Crippen LogP contribution >= 0.6 is 0 Å². The highest BCUT2D eigenvalue weighted by Crippen LogP contribution is 2.66. The van der Waals surface area contributed by atoms with Gasteiger partial charge in [-0.3, -0.25) is 14.8 Å². The molecule has 4 aromatic rings. The summed E-state index contributed by atoms with van der Waals surface area (Å²) in [7, 11) is -0.551. The van der Waals surface area contributed by atoms with Gasteiger partial charge in [0.1, 0.15) is 43.1 Å². The molecule has 2 bridgehead atoms. The van der Waals surface area contributed by atoms with Crippen LogP contribution < -0.4 is 14.4 Å². The zero-order chi connectivity index (χ0) is 46.2.